The van der Waals surface area contributed by atoms with Gasteiger partial charge in [0.05, 0.1) is 0 Å². The minimum atomic E-state index is -0.303. The van der Waals surface area contributed by atoms with Gasteiger partial charge in [0.2, 0.25) is 11.8 Å². The van der Waals surface area contributed by atoms with Crippen molar-refractivity contribution in [3.05, 3.63) is 71.8 Å². The monoisotopic (exact) mass is 336 g/mol. The van der Waals surface area contributed by atoms with Crippen LogP contribution in [-0.4, -0.2) is 17.4 Å². The smallest absolute Gasteiger partial charge is 0.220 e. The van der Waals surface area contributed by atoms with Crippen LogP contribution in [0.2, 0.25) is 0 Å². The second-order valence-corrected chi connectivity index (χ2v) is 6.75. The Hall–Kier alpha value is -2.62. The molecule has 1 saturated heterocycles. The number of carbonyl (C=O) groups is 2. The fraction of sp³-hybridized carbons (Fsp3) is 0.333. The van der Waals surface area contributed by atoms with Crippen LogP contribution in [0.15, 0.2) is 60.7 Å². The number of hydrogen-bond donors (Lipinski definition) is 2. The molecule has 2 amide bonds. The van der Waals surface area contributed by atoms with E-state index >= 15 is 0 Å². The van der Waals surface area contributed by atoms with Gasteiger partial charge in [0, 0.05) is 24.9 Å². The molecule has 0 radical (unpaired) electrons. The van der Waals surface area contributed by atoms with Gasteiger partial charge >= 0.3 is 0 Å². The molecular weight excluding hydrogens is 312 g/mol. The Bertz CT molecular complexity index is 715. The molecule has 1 aliphatic rings. The molecule has 130 valence electrons. The Balaban J connectivity index is 1.55. The Morgan fingerprint density at radius 2 is 1.64 bits per heavy atom. The zero-order valence-electron chi connectivity index (χ0n) is 14.3. The average Bonchev–Trinajstić information content (AvgIpc) is 3.01. The third kappa shape index (κ3) is 4.92. The van der Waals surface area contributed by atoms with Crippen molar-refractivity contribution >= 4 is 11.8 Å². The molecule has 2 aromatic rings. The van der Waals surface area contributed by atoms with Crippen molar-refractivity contribution in [3.8, 4) is 0 Å². The summed E-state index contributed by atoms with van der Waals surface area (Å²) in [5.74, 6) is 0.109. The Labute approximate surface area is 148 Å². The van der Waals surface area contributed by atoms with Crippen LogP contribution in [0.1, 0.15) is 36.8 Å². The largest absolute Gasteiger partial charge is 0.352 e. The van der Waals surface area contributed by atoms with Gasteiger partial charge < -0.3 is 10.6 Å². The maximum absolute atomic E-state index is 12.2. The molecule has 4 heteroatoms. The molecule has 0 spiro atoms. The summed E-state index contributed by atoms with van der Waals surface area (Å²) in [6.45, 7) is 0.539. The van der Waals surface area contributed by atoms with Crippen LogP contribution in [0.25, 0.3) is 0 Å². The van der Waals surface area contributed by atoms with E-state index in [1.54, 1.807) is 0 Å². The van der Waals surface area contributed by atoms with Crippen LogP contribution in [-0.2, 0) is 22.6 Å². The van der Waals surface area contributed by atoms with Gasteiger partial charge in [0.25, 0.3) is 0 Å². The Morgan fingerprint density at radius 3 is 2.24 bits per heavy atom. The zero-order chi connectivity index (χ0) is 17.5. The molecular formula is C21H24N2O2. The van der Waals surface area contributed by atoms with Gasteiger partial charge in [-0.15, -0.1) is 0 Å². The summed E-state index contributed by atoms with van der Waals surface area (Å²) in [6, 6.07) is 20.0. The third-order valence-electron chi connectivity index (χ3n) is 4.78. The summed E-state index contributed by atoms with van der Waals surface area (Å²) in [5.41, 5.74) is 1.97. The molecule has 0 aromatic heterocycles. The first-order valence-electron chi connectivity index (χ1n) is 8.81. The molecule has 25 heavy (non-hydrogen) atoms. The Kier molecular flexibility index (Phi) is 5.49. The topological polar surface area (TPSA) is 58.2 Å². The summed E-state index contributed by atoms with van der Waals surface area (Å²) < 4.78 is 0. The summed E-state index contributed by atoms with van der Waals surface area (Å²) in [7, 11) is 0. The number of rotatable bonds is 7. The maximum Gasteiger partial charge on any atom is 0.220 e. The lowest BCUT2D eigenvalue weighted by molar-refractivity contribution is -0.122. The van der Waals surface area contributed by atoms with Gasteiger partial charge in [-0.3, -0.25) is 9.59 Å². The minimum Gasteiger partial charge on any atom is -0.352 e. The normalized spacial score (nSPS) is 19.4. The van der Waals surface area contributed by atoms with Crippen molar-refractivity contribution in [2.24, 2.45) is 0 Å². The average molecular weight is 336 g/mol. The van der Waals surface area contributed by atoms with E-state index in [0.29, 0.717) is 25.8 Å². The molecule has 0 unspecified atom stereocenters. The van der Waals surface area contributed by atoms with Crippen LogP contribution in [0, 0.1) is 0 Å². The molecule has 1 fully saturated rings. The van der Waals surface area contributed by atoms with Crippen molar-refractivity contribution < 1.29 is 9.59 Å². The van der Waals surface area contributed by atoms with Crippen LogP contribution in [0.4, 0.5) is 0 Å². The SMILES string of the molecule is O=C(CC[C@]1(Cc2ccccc2)CCC(=O)N1)NCc1ccccc1. The molecule has 2 aromatic carbocycles. The van der Waals surface area contributed by atoms with Crippen LogP contribution >= 0.6 is 0 Å². The van der Waals surface area contributed by atoms with Crippen molar-refractivity contribution in [2.45, 2.75) is 44.2 Å². The fourth-order valence-electron chi connectivity index (χ4n) is 3.41. The van der Waals surface area contributed by atoms with Crippen LogP contribution < -0.4 is 10.6 Å². The van der Waals surface area contributed by atoms with E-state index in [9.17, 15) is 9.59 Å². The van der Waals surface area contributed by atoms with Gasteiger partial charge in [-0.25, -0.2) is 0 Å². The fourth-order valence-corrected chi connectivity index (χ4v) is 3.41. The molecule has 3 rings (SSSR count). The highest BCUT2D eigenvalue weighted by molar-refractivity contribution is 5.80. The zero-order valence-corrected chi connectivity index (χ0v) is 14.3. The minimum absolute atomic E-state index is 0.0254. The van der Waals surface area contributed by atoms with E-state index < -0.39 is 0 Å². The highest BCUT2D eigenvalue weighted by Crippen LogP contribution is 2.29. The van der Waals surface area contributed by atoms with Crippen molar-refractivity contribution in [1.82, 2.24) is 10.6 Å². The van der Waals surface area contributed by atoms with E-state index in [1.165, 1.54) is 5.56 Å². The predicted molar refractivity (Wildman–Crippen MR) is 97.8 cm³/mol. The number of benzene rings is 2. The van der Waals surface area contributed by atoms with Crippen molar-refractivity contribution in [1.29, 1.82) is 0 Å². The first-order valence-corrected chi connectivity index (χ1v) is 8.81. The molecule has 2 N–H and O–H groups in total. The van der Waals surface area contributed by atoms with E-state index in [2.05, 4.69) is 22.8 Å². The van der Waals surface area contributed by atoms with Gasteiger partial charge in [-0.2, -0.15) is 0 Å². The summed E-state index contributed by atoms with van der Waals surface area (Å²) in [4.78, 5) is 24.0. The van der Waals surface area contributed by atoms with Crippen LogP contribution in [0.5, 0.6) is 0 Å². The highest BCUT2D eigenvalue weighted by atomic mass is 16.2. The summed E-state index contributed by atoms with van der Waals surface area (Å²) in [6.07, 6.45) is 3.17. The second kappa shape index (κ2) is 7.97. The van der Waals surface area contributed by atoms with Gasteiger partial charge in [0.15, 0.2) is 0 Å². The molecule has 4 nitrogen and oxygen atoms in total. The quantitative estimate of drug-likeness (QED) is 0.817. The highest BCUT2D eigenvalue weighted by Gasteiger charge is 2.37. The molecule has 1 aliphatic heterocycles. The second-order valence-electron chi connectivity index (χ2n) is 6.75. The van der Waals surface area contributed by atoms with E-state index in [-0.39, 0.29) is 17.4 Å². The van der Waals surface area contributed by atoms with Gasteiger partial charge in [0.1, 0.15) is 0 Å². The lowest BCUT2D eigenvalue weighted by Gasteiger charge is -2.29. The number of hydrogen-bond acceptors (Lipinski definition) is 2. The third-order valence-corrected chi connectivity index (χ3v) is 4.78. The summed E-state index contributed by atoms with van der Waals surface area (Å²) >= 11 is 0. The lowest BCUT2D eigenvalue weighted by Crippen LogP contribution is -2.44. The van der Waals surface area contributed by atoms with E-state index in [0.717, 1.165) is 18.4 Å². The molecule has 0 bridgehead atoms. The first-order chi connectivity index (χ1) is 12.2. The molecule has 0 aliphatic carbocycles. The lowest BCUT2D eigenvalue weighted by atomic mass is 9.85. The Morgan fingerprint density at radius 1 is 1.00 bits per heavy atom. The van der Waals surface area contributed by atoms with Gasteiger partial charge in [-0.05, 0) is 30.4 Å². The maximum atomic E-state index is 12.2. The van der Waals surface area contributed by atoms with Gasteiger partial charge in [-0.1, -0.05) is 60.7 Å². The standard InChI is InChI=1S/C21H24N2O2/c24-19(22-16-18-9-5-2-6-10-18)11-13-21(14-12-20(25)23-21)15-17-7-3-1-4-8-17/h1-10H,11-16H2,(H,22,24)(H,23,25)/t21-/m1/s1. The molecule has 1 atom stereocenters. The predicted octanol–water partition coefficient (Wildman–Crippen LogP) is 2.97. The van der Waals surface area contributed by atoms with Crippen molar-refractivity contribution in [2.75, 3.05) is 0 Å². The van der Waals surface area contributed by atoms with E-state index in [4.69, 9.17) is 0 Å². The number of carbonyl (C=O) groups excluding carboxylic acids is 2. The number of nitrogens with one attached hydrogen (secondary N) is 2. The van der Waals surface area contributed by atoms with Crippen molar-refractivity contribution in [3.63, 3.8) is 0 Å². The number of amides is 2. The van der Waals surface area contributed by atoms with Crippen LogP contribution in [0.3, 0.4) is 0 Å². The molecule has 0 saturated carbocycles. The molecule has 1 heterocycles. The summed E-state index contributed by atoms with van der Waals surface area (Å²) in [5, 5.41) is 6.09. The first kappa shape index (κ1) is 17.2. The van der Waals surface area contributed by atoms with E-state index in [1.807, 2.05) is 48.5 Å².